The van der Waals surface area contributed by atoms with Crippen LogP contribution in [-0.2, 0) is 9.84 Å². The highest BCUT2D eigenvalue weighted by molar-refractivity contribution is 7.90. The van der Waals surface area contributed by atoms with Crippen LogP contribution in [-0.4, -0.2) is 50.3 Å². The normalized spacial score (nSPS) is 13.1. The molecule has 100 valence electrons. The fourth-order valence-corrected chi connectivity index (χ4v) is 2.05. The molecule has 6 heteroatoms. The van der Waals surface area contributed by atoms with Crippen molar-refractivity contribution in [2.24, 2.45) is 0 Å². The minimum atomic E-state index is -3.33. The van der Waals surface area contributed by atoms with E-state index in [1.165, 1.54) is 23.1 Å². The molecule has 1 atom stereocenters. The smallest absolute Gasteiger partial charge is 0.253 e. The molecule has 1 aromatic carbocycles. The van der Waals surface area contributed by atoms with Gasteiger partial charge >= 0.3 is 0 Å². The summed E-state index contributed by atoms with van der Waals surface area (Å²) in [6.45, 7) is 1.56. The first-order chi connectivity index (χ1) is 8.27. The highest BCUT2D eigenvalue weighted by Gasteiger charge is 2.18. The number of hydrogen-bond donors (Lipinski definition) is 1. The number of likely N-dealkylation sites (N-methyl/N-ethyl adjacent to an activating group) is 1. The third-order valence-corrected chi connectivity index (χ3v) is 3.87. The van der Waals surface area contributed by atoms with Crippen molar-refractivity contribution in [3.63, 3.8) is 0 Å². The van der Waals surface area contributed by atoms with E-state index < -0.39 is 9.84 Å². The van der Waals surface area contributed by atoms with E-state index in [1.54, 1.807) is 20.0 Å². The number of rotatable bonds is 4. The van der Waals surface area contributed by atoms with E-state index in [4.69, 9.17) is 5.11 Å². The number of sulfone groups is 1. The summed E-state index contributed by atoms with van der Waals surface area (Å²) in [6.07, 6.45) is 1.09. The number of amides is 1. The molecule has 1 aromatic rings. The lowest BCUT2D eigenvalue weighted by molar-refractivity contribution is 0.0682. The number of carbonyl (C=O) groups excluding carboxylic acids is 1. The van der Waals surface area contributed by atoms with Gasteiger partial charge in [0, 0.05) is 18.9 Å². The molecule has 1 N–H and O–H groups in total. The number of aliphatic hydroxyl groups excluding tert-OH is 1. The molecule has 0 aliphatic carbocycles. The Morgan fingerprint density at radius 1 is 1.44 bits per heavy atom. The van der Waals surface area contributed by atoms with Crippen LogP contribution in [0.5, 0.6) is 0 Å². The van der Waals surface area contributed by atoms with Crippen LogP contribution in [0.2, 0.25) is 0 Å². The van der Waals surface area contributed by atoms with Gasteiger partial charge in [-0.2, -0.15) is 0 Å². The Balaban J connectivity index is 3.08. The van der Waals surface area contributed by atoms with Crippen molar-refractivity contribution in [3.05, 3.63) is 29.8 Å². The maximum Gasteiger partial charge on any atom is 0.253 e. The zero-order valence-corrected chi connectivity index (χ0v) is 11.4. The Morgan fingerprint density at radius 3 is 2.56 bits per heavy atom. The zero-order valence-electron chi connectivity index (χ0n) is 10.6. The fraction of sp³-hybridized carbons (Fsp3) is 0.417. The van der Waals surface area contributed by atoms with E-state index in [1.807, 2.05) is 0 Å². The van der Waals surface area contributed by atoms with E-state index in [9.17, 15) is 13.2 Å². The van der Waals surface area contributed by atoms with E-state index in [0.717, 1.165) is 6.26 Å². The molecule has 1 amide bonds. The lowest BCUT2D eigenvalue weighted by Gasteiger charge is -2.23. The van der Waals surface area contributed by atoms with E-state index >= 15 is 0 Å². The lowest BCUT2D eigenvalue weighted by atomic mass is 10.2. The van der Waals surface area contributed by atoms with Gasteiger partial charge in [0.15, 0.2) is 9.84 Å². The van der Waals surface area contributed by atoms with Crippen LogP contribution < -0.4 is 0 Å². The van der Waals surface area contributed by atoms with Gasteiger partial charge < -0.3 is 10.0 Å². The molecule has 0 heterocycles. The SMILES string of the molecule is CC(CO)N(C)C(=O)c1cccc(S(C)(=O)=O)c1. The third kappa shape index (κ3) is 3.30. The van der Waals surface area contributed by atoms with Gasteiger partial charge in [-0.15, -0.1) is 0 Å². The molecule has 0 fully saturated rings. The van der Waals surface area contributed by atoms with Crippen molar-refractivity contribution in [1.82, 2.24) is 4.90 Å². The lowest BCUT2D eigenvalue weighted by Crippen LogP contribution is -2.37. The molecule has 1 unspecified atom stereocenters. The van der Waals surface area contributed by atoms with Crippen LogP contribution in [0.25, 0.3) is 0 Å². The highest BCUT2D eigenvalue weighted by Crippen LogP contribution is 2.13. The first kappa shape index (κ1) is 14.7. The Kier molecular flexibility index (Phi) is 4.48. The monoisotopic (exact) mass is 271 g/mol. The van der Waals surface area contributed by atoms with Crippen molar-refractivity contribution < 1.29 is 18.3 Å². The predicted octanol–water partition coefficient (Wildman–Crippen LogP) is 0.543. The number of nitrogens with zero attached hydrogens (tertiary/aromatic N) is 1. The Labute approximate surface area is 107 Å². The van der Waals surface area contributed by atoms with Gasteiger partial charge in [-0.05, 0) is 25.1 Å². The summed E-state index contributed by atoms with van der Waals surface area (Å²) < 4.78 is 22.8. The summed E-state index contributed by atoms with van der Waals surface area (Å²) in [4.78, 5) is 13.5. The predicted molar refractivity (Wildman–Crippen MR) is 68.2 cm³/mol. The van der Waals surface area contributed by atoms with Crippen LogP contribution >= 0.6 is 0 Å². The molecule has 5 nitrogen and oxygen atoms in total. The maximum absolute atomic E-state index is 12.0. The second-order valence-electron chi connectivity index (χ2n) is 4.25. The second kappa shape index (κ2) is 5.49. The Hall–Kier alpha value is -1.40. The molecule has 0 spiro atoms. The van der Waals surface area contributed by atoms with Crippen molar-refractivity contribution in [3.8, 4) is 0 Å². The number of carbonyl (C=O) groups is 1. The number of aliphatic hydroxyl groups is 1. The van der Waals surface area contributed by atoms with Gasteiger partial charge in [0.05, 0.1) is 17.5 Å². The largest absolute Gasteiger partial charge is 0.394 e. The minimum absolute atomic E-state index is 0.110. The van der Waals surface area contributed by atoms with Crippen LogP contribution in [0.3, 0.4) is 0 Å². The highest BCUT2D eigenvalue weighted by atomic mass is 32.2. The molecular weight excluding hydrogens is 254 g/mol. The first-order valence-electron chi connectivity index (χ1n) is 5.45. The van der Waals surface area contributed by atoms with Crippen LogP contribution in [0.15, 0.2) is 29.2 Å². The van der Waals surface area contributed by atoms with Crippen molar-refractivity contribution in [2.75, 3.05) is 19.9 Å². The topological polar surface area (TPSA) is 74.7 Å². The summed E-state index contributed by atoms with van der Waals surface area (Å²) in [5.74, 6) is -0.318. The average molecular weight is 271 g/mol. The summed E-state index contributed by atoms with van der Waals surface area (Å²) in [7, 11) is -1.76. The standard InChI is InChI=1S/C12H17NO4S/c1-9(8-14)13(2)12(15)10-5-4-6-11(7-10)18(3,16)17/h4-7,9,14H,8H2,1-3H3. The number of hydrogen-bond acceptors (Lipinski definition) is 4. The van der Waals surface area contributed by atoms with Gasteiger partial charge in [-0.1, -0.05) is 6.07 Å². The van der Waals surface area contributed by atoms with E-state index in [0.29, 0.717) is 5.56 Å². The molecule has 0 saturated heterocycles. The second-order valence-corrected chi connectivity index (χ2v) is 6.26. The molecule has 0 bridgehead atoms. The van der Waals surface area contributed by atoms with Crippen molar-refractivity contribution >= 4 is 15.7 Å². The van der Waals surface area contributed by atoms with Gasteiger partial charge in [0.25, 0.3) is 5.91 Å². The van der Waals surface area contributed by atoms with Gasteiger partial charge in [0.2, 0.25) is 0 Å². The molecule has 18 heavy (non-hydrogen) atoms. The molecule has 0 aliphatic rings. The third-order valence-electron chi connectivity index (χ3n) is 2.75. The summed E-state index contributed by atoms with van der Waals surface area (Å²) in [5, 5.41) is 9.00. The van der Waals surface area contributed by atoms with Gasteiger partial charge in [-0.3, -0.25) is 4.79 Å². The van der Waals surface area contributed by atoms with Crippen molar-refractivity contribution in [2.45, 2.75) is 17.9 Å². The quantitative estimate of drug-likeness (QED) is 0.867. The first-order valence-corrected chi connectivity index (χ1v) is 7.34. The molecule has 0 aromatic heterocycles. The summed E-state index contributed by atoms with van der Waals surface area (Å²) >= 11 is 0. The summed E-state index contributed by atoms with van der Waals surface area (Å²) in [6, 6.07) is 5.55. The maximum atomic E-state index is 12.0. The molecule has 0 saturated carbocycles. The van der Waals surface area contributed by atoms with E-state index in [2.05, 4.69) is 0 Å². The zero-order chi connectivity index (χ0) is 13.9. The molecule has 1 rings (SSSR count). The van der Waals surface area contributed by atoms with Gasteiger partial charge in [0.1, 0.15) is 0 Å². The Bertz CT molecular complexity index is 539. The summed E-state index contributed by atoms with van der Waals surface area (Å²) in [5.41, 5.74) is 0.292. The van der Waals surface area contributed by atoms with Gasteiger partial charge in [-0.25, -0.2) is 8.42 Å². The minimum Gasteiger partial charge on any atom is -0.394 e. The van der Waals surface area contributed by atoms with Crippen LogP contribution in [0, 0.1) is 0 Å². The van der Waals surface area contributed by atoms with E-state index in [-0.39, 0.29) is 23.5 Å². The molecular formula is C12H17NO4S. The van der Waals surface area contributed by atoms with Crippen molar-refractivity contribution in [1.29, 1.82) is 0 Å². The average Bonchev–Trinajstić information content (AvgIpc) is 2.35. The molecule has 0 aliphatic heterocycles. The molecule has 0 radical (unpaired) electrons. The van der Waals surface area contributed by atoms with Crippen LogP contribution in [0.1, 0.15) is 17.3 Å². The Morgan fingerprint density at radius 2 is 2.06 bits per heavy atom. The fourth-order valence-electron chi connectivity index (χ4n) is 1.39. The van der Waals surface area contributed by atoms with Crippen LogP contribution in [0.4, 0.5) is 0 Å². The number of benzene rings is 1.